The number of aliphatic hydroxyl groups excluding tert-OH is 1. The smallest absolute Gasteiger partial charge is 0.336 e. The Bertz CT molecular complexity index is 2510. The fourth-order valence-electron chi connectivity index (χ4n) is 11.1. The van der Waals surface area contributed by atoms with E-state index in [-0.39, 0.29) is 56.3 Å². The Kier molecular flexibility index (Phi) is 31.7. The third-order valence-corrected chi connectivity index (χ3v) is 16.6. The van der Waals surface area contributed by atoms with E-state index in [1.165, 1.54) is 82.7 Å². The summed E-state index contributed by atoms with van der Waals surface area (Å²) in [5.41, 5.74) is -0.718. The Morgan fingerprint density at radius 1 is 0.494 bits per heavy atom. The first kappa shape index (κ1) is 80.4. The zero-order valence-corrected chi connectivity index (χ0v) is 58.2. The molecular weight excluding hydrogens is 1150 g/mol. The number of hydrogen-bond acceptors (Lipinski definition) is 13. The van der Waals surface area contributed by atoms with Crippen molar-refractivity contribution >= 4 is 70.9 Å². The molecule has 508 valence electrons. The third kappa shape index (κ3) is 22.1. The highest BCUT2D eigenvalue weighted by Gasteiger charge is 2.47. The molecule has 0 aromatic heterocycles. The normalized spacial score (nSPS) is 27.2. The van der Waals surface area contributed by atoms with Gasteiger partial charge < -0.3 is 65.8 Å². The van der Waals surface area contributed by atoms with E-state index in [4.69, 9.17) is 0 Å². The summed E-state index contributed by atoms with van der Waals surface area (Å²) in [6.45, 7) is 30.8. The minimum absolute atomic E-state index is 0.0807. The first-order chi connectivity index (χ1) is 40.8. The molecule has 11 amide bonds. The SMILES string of the molecule is C/C=C/C[C@@H](C)[C@@H](O)[C@H]1C(=O)N[C@@H](CC)C(=O)N(C)C(C(=O)O)C(=O)N(C)[C@@H](CC(C)(C)C)C(=O)N[C@@H](C(C)C)C(=O)N(C)[C@@H](CC(C)C)C(=O)N[C@@H](C)C(=O)N[C@H](C)C(=O)N(C)[C@@H](CC(C)C)C(=O)N(C)[C@@H](CC(C)C)C(=O)N(C)[C@@H](C(C)C)C(=O)N1C. The van der Waals surface area contributed by atoms with Crippen molar-refractivity contribution in [2.24, 2.45) is 40.9 Å². The van der Waals surface area contributed by atoms with Crippen LogP contribution in [0.2, 0.25) is 0 Å². The number of hydrogen-bond donors (Lipinski definition) is 6. The highest BCUT2D eigenvalue weighted by Crippen LogP contribution is 2.28. The molecule has 0 aromatic rings. The highest BCUT2D eigenvalue weighted by atomic mass is 16.4. The second-order valence-electron chi connectivity index (χ2n) is 27.7. The number of nitrogens with one attached hydrogen (secondary N) is 4. The summed E-state index contributed by atoms with van der Waals surface area (Å²) in [7, 11) is 9.16. The van der Waals surface area contributed by atoms with Crippen LogP contribution >= 0.6 is 0 Å². The molecule has 0 aromatic carbocycles. The molecule has 25 heteroatoms. The maximum Gasteiger partial charge on any atom is 0.336 e. The summed E-state index contributed by atoms with van der Waals surface area (Å²) in [5, 5.41) is 33.6. The largest absolute Gasteiger partial charge is 0.479 e. The van der Waals surface area contributed by atoms with Gasteiger partial charge in [0.15, 0.2) is 0 Å². The summed E-state index contributed by atoms with van der Waals surface area (Å²) < 4.78 is 0. The van der Waals surface area contributed by atoms with Gasteiger partial charge in [0.05, 0.1) is 6.10 Å². The Morgan fingerprint density at radius 3 is 1.36 bits per heavy atom. The van der Waals surface area contributed by atoms with E-state index in [9.17, 15) is 58.2 Å². The second-order valence-corrected chi connectivity index (χ2v) is 27.7. The number of amides is 11. The number of carbonyl (C=O) groups is 12. The lowest BCUT2D eigenvalue weighted by Gasteiger charge is -2.41. The molecule has 6 N–H and O–H groups in total. The quantitative estimate of drug-likeness (QED) is 0.101. The van der Waals surface area contributed by atoms with Crippen LogP contribution in [0.25, 0.3) is 0 Å². The lowest BCUT2D eigenvalue weighted by Crippen LogP contribution is -2.64. The first-order valence-corrected chi connectivity index (χ1v) is 31.4. The van der Waals surface area contributed by atoms with Crippen LogP contribution in [0.1, 0.15) is 163 Å². The van der Waals surface area contributed by atoms with E-state index in [0.29, 0.717) is 4.90 Å². The Balaban J connectivity index is 4.49. The molecule has 1 rings (SSSR count). The van der Waals surface area contributed by atoms with Gasteiger partial charge in [-0.15, -0.1) is 0 Å². The second kappa shape index (κ2) is 35.1. The molecule has 25 nitrogen and oxygen atoms in total. The van der Waals surface area contributed by atoms with Crippen molar-refractivity contribution in [1.82, 2.24) is 55.6 Å². The monoisotopic (exact) mass is 1260 g/mol. The highest BCUT2D eigenvalue weighted by molar-refractivity contribution is 6.06. The van der Waals surface area contributed by atoms with Crippen LogP contribution in [0.4, 0.5) is 0 Å². The molecule has 0 aliphatic carbocycles. The summed E-state index contributed by atoms with van der Waals surface area (Å²) in [5.74, 6) is -13.4. The predicted molar refractivity (Wildman–Crippen MR) is 340 cm³/mol. The maximum absolute atomic E-state index is 15.2. The Hall–Kier alpha value is -6.66. The number of carboxylic acid groups (broad SMARTS) is 1. The average molecular weight is 1260 g/mol. The van der Waals surface area contributed by atoms with E-state index in [2.05, 4.69) is 21.3 Å². The van der Waals surface area contributed by atoms with Crippen molar-refractivity contribution in [3.63, 3.8) is 0 Å². The molecule has 0 bridgehead atoms. The van der Waals surface area contributed by atoms with Gasteiger partial charge in [-0.05, 0) is 100 Å². The van der Waals surface area contributed by atoms with E-state index >= 15 is 9.59 Å². The standard InChI is InChI=1S/C64H113N11O14/c1-26-28-29-39(13)51(76)49-55(80)67-42(27-2)57(82)75(25)50(63(88)89)62(87)72(22)46(33-64(16,17)18)54(79)68-47(37(9)10)60(85)69(19)43(30-34(3)4)53(78)65-40(14)52(77)66-41(15)56(81)70(20)44(31-35(5)6)58(83)71(21)45(32-36(7)8)59(84)73(23)48(38(11)12)61(86)74(49)24/h26,28,34-51,76H,27,29-33H2,1-25H3,(H,65,78)(H,66,77)(H,67,80)(H,68,79)(H,88,89)/b28-26+/t39-,40+,41-,42+,43+,44+,45+,46+,47+,48+,49+,50?,51-/m1/s1. The topological polar surface area (TPSA) is 316 Å². The molecule has 1 unspecified atom stereocenters. The van der Waals surface area contributed by atoms with E-state index in [1.54, 1.807) is 74.5 Å². The summed E-state index contributed by atoms with van der Waals surface area (Å²) in [4.78, 5) is 182. The number of carboxylic acids is 1. The van der Waals surface area contributed by atoms with Crippen molar-refractivity contribution in [2.75, 3.05) is 49.3 Å². The van der Waals surface area contributed by atoms with E-state index < -0.39 is 167 Å². The zero-order valence-electron chi connectivity index (χ0n) is 58.2. The van der Waals surface area contributed by atoms with Crippen molar-refractivity contribution in [3.8, 4) is 0 Å². The van der Waals surface area contributed by atoms with Crippen molar-refractivity contribution < 1.29 is 67.7 Å². The van der Waals surface area contributed by atoms with Crippen molar-refractivity contribution in [2.45, 2.75) is 236 Å². The molecule has 1 heterocycles. The minimum Gasteiger partial charge on any atom is -0.479 e. The van der Waals surface area contributed by atoms with E-state index in [1.807, 2.05) is 41.5 Å². The van der Waals surface area contributed by atoms with Gasteiger partial charge in [-0.3, -0.25) is 52.7 Å². The van der Waals surface area contributed by atoms with Crippen molar-refractivity contribution in [3.05, 3.63) is 12.2 Å². The maximum atomic E-state index is 15.2. The van der Waals surface area contributed by atoms with Crippen LogP contribution < -0.4 is 21.3 Å². The van der Waals surface area contributed by atoms with Gasteiger partial charge in [-0.25, -0.2) is 4.79 Å². The molecule has 1 aliphatic rings. The van der Waals surface area contributed by atoms with Crippen molar-refractivity contribution in [1.29, 1.82) is 0 Å². The van der Waals surface area contributed by atoms with Gasteiger partial charge in [-0.1, -0.05) is 116 Å². The number of nitrogens with zero attached hydrogens (tertiary/aromatic N) is 7. The number of aliphatic hydroxyl groups is 1. The molecule has 1 aliphatic heterocycles. The molecule has 0 spiro atoms. The number of rotatable bonds is 15. The molecular formula is C64H113N11O14. The van der Waals surface area contributed by atoms with Crippen LogP contribution in [0.15, 0.2) is 12.2 Å². The lowest BCUT2D eigenvalue weighted by atomic mass is 9.86. The minimum atomic E-state index is -2.29. The Morgan fingerprint density at radius 2 is 0.921 bits per heavy atom. The summed E-state index contributed by atoms with van der Waals surface area (Å²) in [6, 6.07) is -15.8. The predicted octanol–water partition coefficient (Wildman–Crippen LogP) is 3.11. The first-order valence-electron chi connectivity index (χ1n) is 31.4. The molecule has 89 heavy (non-hydrogen) atoms. The fraction of sp³-hybridized carbons (Fsp3) is 0.781. The van der Waals surface area contributed by atoms with Gasteiger partial charge in [0.25, 0.3) is 5.91 Å². The Labute approximate surface area is 530 Å². The molecule has 1 saturated heterocycles. The molecule has 1 fully saturated rings. The van der Waals surface area contributed by atoms with Crippen LogP contribution in [-0.4, -0.2) is 237 Å². The van der Waals surface area contributed by atoms with Gasteiger partial charge in [0.2, 0.25) is 65.1 Å². The summed E-state index contributed by atoms with van der Waals surface area (Å²) >= 11 is 0. The number of carbonyl (C=O) groups excluding carboxylic acids is 11. The molecule has 13 atom stereocenters. The van der Waals surface area contributed by atoms with Crippen LogP contribution in [0.3, 0.4) is 0 Å². The number of aliphatic carboxylic acids is 1. The van der Waals surface area contributed by atoms with Gasteiger partial charge >= 0.3 is 5.97 Å². The third-order valence-electron chi connectivity index (χ3n) is 16.6. The van der Waals surface area contributed by atoms with Crippen LogP contribution in [0, 0.1) is 40.9 Å². The van der Waals surface area contributed by atoms with Gasteiger partial charge in [-0.2, -0.15) is 0 Å². The lowest BCUT2D eigenvalue weighted by molar-refractivity contribution is -0.160. The fourth-order valence-corrected chi connectivity index (χ4v) is 11.1. The van der Waals surface area contributed by atoms with Crippen LogP contribution in [0.5, 0.6) is 0 Å². The molecule has 0 saturated carbocycles. The number of likely N-dealkylation sites (N-methyl/N-ethyl adjacent to an activating group) is 7. The van der Waals surface area contributed by atoms with Gasteiger partial charge in [0.1, 0.15) is 60.4 Å². The van der Waals surface area contributed by atoms with Gasteiger partial charge in [0, 0.05) is 49.3 Å². The van der Waals surface area contributed by atoms with Crippen LogP contribution in [-0.2, 0) is 57.5 Å². The molecule has 0 radical (unpaired) electrons. The number of allylic oxidation sites excluding steroid dienone is 2. The zero-order chi connectivity index (χ0) is 69.3. The summed E-state index contributed by atoms with van der Waals surface area (Å²) in [6.07, 6.45) is 2.20. The van der Waals surface area contributed by atoms with E-state index in [0.717, 1.165) is 16.8 Å². The average Bonchev–Trinajstić information content (AvgIpc) is 2.96.